The molecule has 0 bridgehead atoms. The normalized spacial score (nSPS) is 30.6. The van der Waals surface area contributed by atoms with Crippen LogP contribution in [0.15, 0.2) is 0 Å². The molecule has 3 aliphatic rings. The molecule has 0 unspecified atom stereocenters. The SMILES string of the molecule is O=CC1([As](C2(C=O)CC2)C2(C=O)CC2)CC1. The molecule has 0 aromatic heterocycles. The topological polar surface area (TPSA) is 51.2 Å². The van der Waals surface area contributed by atoms with Crippen molar-refractivity contribution in [1.82, 2.24) is 0 Å². The molecule has 0 aromatic carbocycles. The summed E-state index contributed by atoms with van der Waals surface area (Å²) in [4.78, 5) is 33.9. The molecule has 0 aliphatic heterocycles. The number of rotatable bonds is 6. The van der Waals surface area contributed by atoms with Crippen LogP contribution in [-0.2, 0) is 14.4 Å². The van der Waals surface area contributed by atoms with Crippen molar-refractivity contribution < 1.29 is 14.4 Å². The fraction of sp³-hybridized carbons (Fsp3) is 0.750. The molecule has 3 saturated carbocycles. The summed E-state index contributed by atoms with van der Waals surface area (Å²) >= 11 is -1.71. The van der Waals surface area contributed by atoms with Crippen molar-refractivity contribution in [2.75, 3.05) is 0 Å². The van der Waals surface area contributed by atoms with E-state index in [1.807, 2.05) is 0 Å². The van der Waals surface area contributed by atoms with Crippen LogP contribution in [0.5, 0.6) is 0 Å². The Kier molecular flexibility index (Phi) is 2.05. The first kappa shape index (κ1) is 10.7. The van der Waals surface area contributed by atoms with E-state index < -0.39 is 14.7 Å². The van der Waals surface area contributed by atoms with Crippen LogP contribution in [0.25, 0.3) is 0 Å². The van der Waals surface area contributed by atoms with E-state index in [0.29, 0.717) is 0 Å². The summed E-state index contributed by atoms with van der Waals surface area (Å²) in [5.41, 5.74) is 0. The molecule has 0 amide bonds. The van der Waals surface area contributed by atoms with Gasteiger partial charge in [-0.1, -0.05) is 0 Å². The first-order chi connectivity index (χ1) is 7.67. The second kappa shape index (κ2) is 3.07. The Morgan fingerprint density at radius 2 is 0.875 bits per heavy atom. The summed E-state index contributed by atoms with van der Waals surface area (Å²) in [6.45, 7) is 0. The summed E-state index contributed by atoms with van der Waals surface area (Å²) in [7, 11) is 0. The Labute approximate surface area is 99.2 Å². The van der Waals surface area contributed by atoms with E-state index in [1.54, 1.807) is 0 Å². The van der Waals surface area contributed by atoms with E-state index >= 15 is 0 Å². The molecule has 0 aromatic rings. The van der Waals surface area contributed by atoms with Gasteiger partial charge in [0.2, 0.25) is 0 Å². The second-order valence-electron chi connectivity index (χ2n) is 5.50. The Morgan fingerprint density at radius 3 is 1.00 bits per heavy atom. The third kappa shape index (κ3) is 1.24. The van der Waals surface area contributed by atoms with Crippen molar-refractivity contribution in [3.8, 4) is 0 Å². The van der Waals surface area contributed by atoms with Crippen LogP contribution in [-0.4, -0.2) is 33.5 Å². The van der Waals surface area contributed by atoms with Gasteiger partial charge in [-0.25, -0.2) is 0 Å². The van der Waals surface area contributed by atoms with Crippen LogP contribution in [0.3, 0.4) is 0 Å². The maximum absolute atomic E-state index is 11.3. The molecular weight excluding hydrogens is 267 g/mol. The zero-order valence-electron chi connectivity index (χ0n) is 9.15. The van der Waals surface area contributed by atoms with Crippen LogP contribution in [0.1, 0.15) is 38.5 Å². The molecule has 3 rings (SSSR count). The van der Waals surface area contributed by atoms with E-state index in [0.717, 1.165) is 57.4 Å². The standard InChI is InChI=1S/C12H15AsO3/c14-7-10(1-2-10)13(11(8-15)3-4-11)12(9-16)5-6-12/h7-9H,1-6H2. The molecule has 3 fully saturated rings. The summed E-state index contributed by atoms with van der Waals surface area (Å²) in [6.07, 6.45) is 8.84. The molecule has 0 spiro atoms. The van der Waals surface area contributed by atoms with E-state index in [9.17, 15) is 14.4 Å². The van der Waals surface area contributed by atoms with E-state index in [1.165, 1.54) is 0 Å². The maximum atomic E-state index is 11.3. The molecule has 16 heavy (non-hydrogen) atoms. The minimum atomic E-state index is -1.71. The number of hydrogen-bond acceptors (Lipinski definition) is 3. The van der Waals surface area contributed by atoms with Gasteiger partial charge in [0, 0.05) is 0 Å². The average molecular weight is 282 g/mol. The van der Waals surface area contributed by atoms with Crippen LogP contribution in [0, 0.1) is 0 Å². The Morgan fingerprint density at radius 1 is 0.625 bits per heavy atom. The molecule has 0 heterocycles. The molecule has 0 radical (unpaired) electrons. The molecule has 0 atom stereocenters. The quantitative estimate of drug-likeness (QED) is 0.550. The molecule has 86 valence electrons. The van der Waals surface area contributed by atoms with Crippen molar-refractivity contribution in [3.63, 3.8) is 0 Å². The number of aldehydes is 3. The molecule has 3 aliphatic carbocycles. The van der Waals surface area contributed by atoms with E-state index in [-0.39, 0.29) is 12.6 Å². The van der Waals surface area contributed by atoms with Gasteiger partial charge in [-0.05, 0) is 0 Å². The van der Waals surface area contributed by atoms with Crippen LogP contribution in [0.4, 0.5) is 0 Å². The average Bonchev–Trinajstić information content (AvgIpc) is 3.19. The van der Waals surface area contributed by atoms with Gasteiger partial charge in [0.05, 0.1) is 0 Å². The zero-order chi connectivity index (χ0) is 11.4. The van der Waals surface area contributed by atoms with Gasteiger partial charge in [0.1, 0.15) is 0 Å². The van der Waals surface area contributed by atoms with E-state index in [2.05, 4.69) is 0 Å². The first-order valence-corrected chi connectivity index (χ1v) is 8.68. The van der Waals surface area contributed by atoms with Gasteiger partial charge in [0.25, 0.3) is 0 Å². The number of carbonyl (C=O) groups excluding carboxylic acids is 3. The van der Waals surface area contributed by atoms with E-state index in [4.69, 9.17) is 0 Å². The van der Waals surface area contributed by atoms with Crippen molar-refractivity contribution in [2.45, 2.75) is 51.1 Å². The summed E-state index contributed by atoms with van der Waals surface area (Å²) < 4.78 is -0.578. The Hall–Kier alpha value is -0.432. The van der Waals surface area contributed by atoms with Gasteiger partial charge < -0.3 is 0 Å². The summed E-state index contributed by atoms with van der Waals surface area (Å²) in [6, 6.07) is 0. The third-order valence-electron chi connectivity index (χ3n) is 4.28. The summed E-state index contributed by atoms with van der Waals surface area (Å²) in [5, 5.41) is 0. The van der Waals surface area contributed by atoms with Gasteiger partial charge in [-0.2, -0.15) is 0 Å². The monoisotopic (exact) mass is 282 g/mol. The van der Waals surface area contributed by atoms with Crippen molar-refractivity contribution in [1.29, 1.82) is 0 Å². The number of hydrogen-bond donors (Lipinski definition) is 0. The predicted octanol–water partition coefficient (Wildman–Crippen LogP) is 1.68. The van der Waals surface area contributed by atoms with Gasteiger partial charge in [0.15, 0.2) is 0 Å². The van der Waals surface area contributed by atoms with Crippen molar-refractivity contribution in [3.05, 3.63) is 0 Å². The molecule has 0 saturated heterocycles. The third-order valence-corrected chi connectivity index (χ3v) is 13.4. The van der Waals surface area contributed by atoms with Crippen molar-refractivity contribution in [2.24, 2.45) is 0 Å². The zero-order valence-corrected chi connectivity index (χ0v) is 11.0. The molecular formula is C12H15AsO3. The fourth-order valence-corrected chi connectivity index (χ4v) is 12.7. The van der Waals surface area contributed by atoms with Gasteiger partial charge in [-0.3, -0.25) is 0 Å². The predicted molar refractivity (Wildman–Crippen MR) is 59.7 cm³/mol. The molecule has 4 heteroatoms. The number of carbonyl (C=O) groups is 3. The van der Waals surface area contributed by atoms with Gasteiger partial charge >= 0.3 is 99.0 Å². The van der Waals surface area contributed by atoms with Crippen LogP contribution >= 0.6 is 0 Å². The van der Waals surface area contributed by atoms with Gasteiger partial charge in [-0.15, -0.1) is 0 Å². The van der Waals surface area contributed by atoms with Crippen LogP contribution < -0.4 is 0 Å². The molecule has 3 nitrogen and oxygen atoms in total. The van der Waals surface area contributed by atoms with Crippen LogP contribution in [0.2, 0.25) is 12.6 Å². The van der Waals surface area contributed by atoms with Crippen molar-refractivity contribution >= 4 is 33.5 Å². The summed E-state index contributed by atoms with van der Waals surface area (Å²) in [5.74, 6) is 0. The second-order valence-corrected chi connectivity index (χ2v) is 12.5. The first-order valence-electron chi connectivity index (χ1n) is 5.87. The molecule has 0 N–H and O–H groups in total. The Balaban J connectivity index is 1.99. The fourth-order valence-electron chi connectivity index (χ4n) is 2.90. The Bertz CT molecular complexity index is 307. The minimum absolute atomic E-state index is 0.193.